The highest BCUT2D eigenvalue weighted by Crippen LogP contribution is 2.29. The number of fused-ring (bicyclic) bond motifs is 1. The highest BCUT2D eigenvalue weighted by molar-refractivity contribution is 6.08. The number of carbonyl (C=O) groups excluding carboxylic acids is 1. The van der Waals surface area contributed by atoms with Crippen LogP contribution in [0.1, 0.15) is 34.3 Å². The van der Waals surface area contributed by atoms with Crippen molar-refractivity contribution in [2.45, 2.75) is 32.7 Å². The Kier molecular flexibility index (Phi) is 5.28. The third-order valence-electron chi connectivity index (χ3n) is 6.07. The molecule has 0 aliphatic carbocycles. The zero-order chi connectivity index (χ0) is 20.5. The van der Waals surface area contributed by atoms with E-state index in [2.05, 4.69) is 48.9 Å². The van der Waals surface area contributed by atoms with E-state index < -0.39 is 0 Å². The summed E-state index contributed by atoms with van der Waals surface area (Å²) in [6.07, 6.45) is 6.98. The SMILES string of the molecule is Cc1ccc2c(C(=O)N3CCC(N(C)C)CC3)cc(-c3cncnc3)nc2c1C. The lowest BCUT2D eigenvalue weighted by molar-refractivity contribution is 0.0665. The summed E-state index contributed by atoms with van der Waals surface area (Å²) < 4.78 is 0. The molecule has 3 aromatic rings. The van der Waals surface area contributed by atoms with Crippen LogP contribution < -0.4 is 0 Å². The average molecular weight is 390 g/mol. The molecule has 3 heterocycles. The van der Waals surface area contributed by atoms with E-state index in [-0.39, 0.29) is 5.91 Å². The molecule has 1 saturated heterocycles. The first-order valence-electron chi connectivity index (χ1n) is 10.1. The topological polar surface area (TPSA) is 62.2 Å². The van der Waals surface area contributed by atoms with Gasteiger partial charge in [-0.15, -0.1) is 0 Å². The molecule has 0 radical (unpaired) electrons. The minimum atomic E-state index is 0.0796. The molecule has 0 N–H and O–H groups in total. The first-order valence-corrected chi connectivity index (χ1v) is 10.1. The number of amides is 1. The summed E-state index contributed by atoms with van der Waals surface area (Å²) >= 11 is 0. The largest absolute Gasteiger partial charge is 0.339 e. The monoisotopic (exact) mass is 389 g/mol. The molecule has 0 bridgehead atoms. The molecule has 6 heteroatoms. The summed E-state index contributed by atoms with van der Waals surface area (Å²) in [6, 6.07) is 6.53. The number of hydrogen-bond acceptors (Lipinski definition) is 5. The molecule has 4 rings (SSSR count). The van der Waals surface area contributed by atoms with E-state index in [9.17, 15) is 4.79 Å². The lowest BCUT2D eigenvalue weighted by atomic mass is 9.98. The Labute approximate surface area is 171 Å². The molecule has 150 valence electrons. The molecule has 0 atom stereocenters. The van der Waals surface area contributed by atoms with Crippen molar-refractivity contribution in [1.82, 2.24) is 24.8 Å². The zero-order valence-corrected chi connectivity index (χ0v) is 17.5. The van der Waals surface area contributed by atoms with E-state index in [4.69, 9.17) is 4.98 Å². The number of aromatic nitrogens is 3. The van der Waals surface area contributed by atoms with Crippen molar-refractivity contribution < 1.29 is 4.79 Å². The van der Waals surface area contributed by atoms with Gasteiger partial charge in [-0.1, -0.05) is 12.1 Å². The van der Waals surface area contributed by atoms with Crippen LogP contribution in [0, 0.1) is 13.8 Å². The Balaban J connectivity index is 1.79. The van der Waals surface area contributed by atoms with Gasteiger partial charge in [0.25, 0.3) is 5.91 Å². The predicted molar refractivity (Wildman–Crippen MR) is 115 cm³/mol. The minimum Gasteiger partial charge on any atom is -0.339 e. The van der Waals surface area contributed by atoms with E-state index >= 15 is 0 Å². The van der Waals surface area contributed by atoms with Crippen LogP contribution in [0.15, 0.2) is 36.9 Å². The number of likely N-dealkylation sites (tertiary alicyclic amines) is 1. The lowest BCUT2D eigenvalue weighted by Gasteiger charge is -2.35. The lowest BCUT2D eigenvalue weighted by Crippen LogP contribution is -2.44. The number of piperidine rings is 1. The fraction of sp³-hybridized carbons (Fsp3) is 0.391. The summed E-state index contributed by atoms with van der Waals surface area (Å²) in [5.74, 6) is 0.0796. The van der Waals surface area contributed by atoms with Crippen molar-refractivity contribution in [2.24, 2.45) is 0 Å². The number of nitrogens with zero attached hydrogens (tertiary/aromatic N) is 5. The highest BCUT2D eigenvalue weighted by Gasteiger charge is 2.26. The third kappa shape index (κ3) is 3.72. The van der Waals surface area contributed by atoms with Gasteiger partial charge in [0.05, 0.1) is 16.8 Å². The first-order chi connectivity index (χ1) is 14.0. The highest BCUT2D eigenvalue weighted by atomic mass is 16.2. The van der Waals surface area contributed by atoms with Crippen molar-refractivity contribution in [2.75, 3.05) is 27.2 Å². The van der Waals surface area contributed by atoms with Crippen LogP contribution in [0.25, 0.3) is 22.2 Å². The molecular formula is C23H27N5O. The molecule has 0 unspecified atom stereocenters. The Morgan fingerprint density at radius 3 is 2.45 bits per heavy atom. The van der Waals surface area contributed by atoms with E-state index in [0.717, 1.165) is 59.2 Å². The minimum absolute atomic E-state index is 0.0796. The van der Waals surface area contributed by atoms with Crippen LogP contribution in [0.5, 0.6) is 0 Å². The van der Waals surface area contributed by atoms with E-state index in [1.165, 1.54) is 6.33 Å². The molecule has 2 aromatic heterocycles. The normalized spacial score (nSPS) is 15.3. The van der Waals surface area contributed by atoms with Crippen LogP contribution in [-0.2, 0) is 0 Å². The number of aryl methyl sites for hydroxylation is 2. The fourth-order valence-electron chi connectivity index (χ4n) is 4.04. The second-order valence-corrected chi connectivity index (χ2v) is 8.07. The van der Waals surface area contributed by atoms with Gasteiger partial charge in [-0.2, -0.15) is 0 Å². The van der Waals surface area contributed by atoms with Gasteiger partial charge in [0.1, 0.15) is 6.33 Å². The maximum absolute atomic E-state index is 13.5. The van der Waals surface area contributed by atoms with Crippen LogP contribution >= 0.6 is 0 Å². The van der Waals surface area contributed by atoms with Crippen LogP contribution in [0.4, 0.5) is 0 Å². The van der Waals surface area contributed by atoms with Crippen LogP contribution in [-0.4, -0.2) is 63.9 Å². The van der Waals surface area contributed by atoms with Gasteiger partial charge in [0.2, 0.25) is 0 Å². The second-order valence-electron chi connectivity index (χ2n) is 8.07. The van der Waals surface area contributed by atoms with Gasteiger partial charge >= 0.3 is 0 Å². The fourth-order valence-corrected chi connectivity index (χ4v) is 4.04. The van der Waals surface area contributed by atoms with E-state index in [1.54, 1.807) is 12.4 Å². The van der Waals surface area contributed by atoms with Gasteiger partial charge in [-0.05, 0) is 58.0 Å². The molecule has 29 heavy (non-hydrogen) atoms. The van der Waals surface area contributed by atoms with Crippen molar-refractivity contribution in [3.63, 3.8) is 0 Å². The standard InChI is InChI=1S/C23H27N5O/c1-15-5-6-19-20(23(29)28-9-7-18(8-10-28)27(3)4)11-21(26-22(19)16(15)2)17-12-24-14-25-13-17/h5-6,11-14,18H,7-10H2,1-4H3. The molecule has 1 aliphatic heterocycles. The summed E-state index contributed by atoms with van der Waals surface area (Å²) in [6.45, 7) is 5.69. The Morgan fingerprint density at radius 1 is 1.10 bits per heavy atom. The van der Waals surface area contributed by atoms with Crippen molar-refractivity contribution >= 4 is 16.8 Å². The van der Waals surface area contributed by atoms with Gasteiger partial charge < -0.3 is 9.80 Å². The maximum atomic E-state index is 13.5. The van der Waals surface area contributed by atoms with Gasteiger partial charge in [-0.3, -0.25) is 4.79 Å². The maximum Gasteiger partial charge on any atom is 0.254 e. The number of hydrogen-bond donors (Lipinski definition) is 0. The third-order valence-corrected chi connectivity index (χ3v) is 6.07. The summed E-state index contributed by atoms with van der Waals surface area (Å²) in [5.41, 5.74) is 5.39. The predicted octanol–water partition coefficient (Wildman–Crippen LogP) is 3.47. The van der Waals surface area contributed by atoms with Gasteiger partial charge in [0, 0.05) is 42.5 Å². The molecule has 1 amide bonds. The molecule has 6 nitrogen and oxygen atoms in total. The molecule has 1 fully saturated rings. The summed E-state index contributed by atoms with van der Waals surface area (Å²) in [4.78, 5) is 30.9. The Morgan fingerprint density at radius 2 is 1.79 bits per heavy atom. The second kappa shape index (κ2) is 7.87. The van der Waals surface area contributed by atoms with Crippen molar-refractivity contribution in [3.05, 3.63) is 53.6 Å². The summed E-state index contributed by atoms with van der Waals surface area (Å²) in [7, 11) is 4.22. The molecule has 0 saturated carbocycles. The molecule has 0 spiro atoms. The van der Waals surface area contributed by atoms with E-state index in [1.807, 2.05) is 17.0 Å². The Hall–Kier alpha value is -2.86. The quantitative estimate of drug-likeness (QED) is 0.686. The van der Waals surface area contributed by atoms with Gasteiger partial charge in [-0.25, -0.2) is 15.0 Å². The molecular weight excluding hydrogens is 362 g/mol. The number of pyridine rings is 1. The number of carbonyl (C=O) groups is 1. The summed E-state index contributed by atoms with van der Waals surface area (Å²) in [5, 5.41) is 0.911. The van der Waals surface area contributed by atoms with E-state index in [0.29, 0.717) is 11.6 Å². The average Bonchev–Trinajstić information content (AvgIpc) is 2.76. The van der Waals surface area contributed by atoms with Crippen LogP contribution in [0.3, 0.4) is 0 Å². The zero-order valence-electron chi connectivity index (χ0n) is 17.5. The molecule has 1 aliphatic rings. The van der Waals surface area contributed by atoms with Crippen LogP contribution in [0.2, 0.25) is 0 Å². The van der Waals surface area contributed by atoms with Gasteiger partial charge in [0.15, 0.2) is 0 Å². The van der Waals surface area contributed by atoms with Crippen molar-refractivity contribution in [1.29, 1.82) is 0 Å². The smallest absolute Gasteiger partial charge is 0.254 e. The molecule has 1 aromatic carbocycles. The number of rotatable bonds is 3. The first kappa shape index (κ1) is 19.5. The number of benzene rings is 1. The Bertz CT molecular complexity index is 1040. The van der Waals surface area contributed by atoms with Crippen molar-refractivity contribution in [3.8, 4) is 11.3 Å².